The fourth-order valence-electron chi connectivity index (χ4n) is 1.84. The number of phosphoric ester groups is 1. The van der Waals surface area contributed by atoms with Crippen LogP contribution in [0.2, 0.25) is 0 Å². The maximum absolute atomic E-state index is 12.2. The van der Waals surface area contributed by atoms with Crippen molar-refractivity contribution in [2.24, 2.45) is 14.1 Å². The van der Waals surface area contributed by atoms with Gasteiger partial charge in [0.1, 0.15) is 0 Å². The van der Waals surface area contributed by atoms with Crippen LogP contribution in [0.3, 0.4) is 0 Å². The van der Waals surface area contributed by atoms with E-state index in [2.05, 4.69) is 9.51 Å². The van der Waals surface area contributed by atoms with Crippen LogP contribution in [0.5, 0.6) is 0 Å². The molecule has 0 fully saturated rings. The van der Waals surface area contributed by atoms with Crippen molar-refractivity contribution in [2.75, 3.05) is 6.61 Å². The Morgan fingerprint density at radius 2 is 1.86 bits per heavy atom. The second kappa shape index (κ2) is 6.96. The van der Waals surface area contributed by atoms with E-state index in [4.69, 9.17) is 9.79 Å². The van der Waals surface area contributed by atoms with Crippen LogP contribution in [0.4, 0.5) is 0 Å². The van der Waals surface area contributed by atoms with Gasteiger partial charge in [-0.3, -0.25) is 18.5 Å². The largest absolute Gasteiger partial charge is 0.469 e. The van der Waals surface area contributed by atoms with Gasteiger partial charge in [0.2, 0.25) is 0 Å². The number of hydrogen-bond donors (Lipinski definition) is 4. The summed E-state index contributed by atoms with van der Waals surface area (Å²) in [5.74, 6) is 0. The first-order valence-electron chi connectivity index (χ1n) is 5.53. The SMILES string of the molecule is Cn1cnc2c1c(=O)n(CCOP(=O)(O)O)c(=O)n2C.N.N. The lowest BCUT2D eigenvalue weighted by Crippen LogP contribution is -2.40. The Kier molecular flexibility index (Phi) is 6.38. The zero-order valence-corrected chi connectivity index (χ0v) is 13.1. The average Bonchev–Trinajstić information content (AvgIpc) is 2.72. The number of aryl methyl sites for hydroxylation is 2. The van der Waals surface area contributed by atoms with Gasteiger partial charge in [-0.15, -0.1) is 0 Å². The molecule has 0 aromatic carbocycles. The number of nitrogens with zero attached hydrogens (tertiary/aromatic N) is 4. The zero-order chi connectivity index (χ0) is 15.1. The Hall–Kier alpha value is -1.82. The van der Waals surface area contributed by atoms with Gasteiger partial charge in [0, 0.05) is 14.1 Å². The molecule has 22 heavy (non-hydrogen) atoms. The van der Waals surface area contributed by atoms with Gasteiger partial charge in [-0.1, -0.05) is 0 Å². The Morgan fingerprint density at radius 3 is 2.41 bits per heavy atom. The molecule has 0 bridgehead atoms. The van der Waals surface area contributed by atoms with Gasteiger partial charge in [0.15, 0.2) is 11.2 Å². The van der Waals surface area contributed by atoms with Crippen molar-refractivity contribution in [3.05, 3.63) is 27.2 Å². The molecule has 0 aliphatic carbocycles. The minimum atomic E-state index is -4.63. The van der Waals surface area contributed by atoms with Crippen LogP contribution in [-0.2, 0) is 29.7 Å². The van der Waals surface area contributed by atoms with Crippen LogP contribution < -0.4 is 23.6 Å². The summed E-state index contributed by atoms with van der Waals surface area (Å²) in [6.45, 7) is -0.722. The van der Waals surface area contributed by atoms with Crippen molar-refractivity contribution in [3.8, 4) is 0 Å². The third-order valence-electron chi connectivity index (χ3n) is 2.78. The second-order valence-corrected chi connectivity index (χ2v) is 5.39. The molecule has 0 spiro atoms. The minimum Gasteiger partial charge on any atom is -0.344 e. The Labute approximate surface area is 124 Å². The Morgan fingerprint density at radius 1 is 1.27 bits per heavy atom. The average molecular weight is 338 g/mol. The molecule has 0 aliphatic heterocycles. The standard InChI is InChI=1S/C9H13N4O6P.2H3N/c1-11-5-10-7-6(11)8(14)13(9(15)12(7)2)3-4-19-20(16,17)18;;/h5H,3-4H2,1-2H3,(H2,16,17,18);2*1H3. The van der Waals surface area contributed by atoms with E-state index in [9.17, 15) is 14.2 Å². The van der Waals surface area contributed by atoms with Crippen molar-refractivity contribution in [3.63, 3.8) is 0 Å². The molecule has 0 amide bonds. The zero-order valence-electron chi connectivity index (χ0n) is 12.2. The summed E-state index contributed by atoms with van der Waals surface area (Å²) in [5, 5.41) is 0. The lowest BCUT2D eigenvalue weighted by molar-refractivity contribution is 0.188. The first-order valence-corrected chi connectivity index (χ1v) is 7.06. The van der Waals surface area contributed by atoms with Crippen LogP contribution in [0.25, 0.3) is 11.2 Å². The normalized spacial score (nSPS) is 11.1. The topological polar surface area (TPSA) is 199 Å². The van der Waals surface area contributed by atoms with E-state index < -0.39 is 25.7 Å². The summed E-state index contributed by atoms with van der Waals surface area (Å²) in [7, 11) is -1.57. The van der Waals surface area contributed by atoms with Crippen LogP contribution in [0.1, 0.15) is 0 Å². The van der Waals surface area contributed by atoms with Gasteiger partial charge in [0.25, 0.3) is 5.56 Å². The lowest BCUT2D eigenvalue weighted by atomic mass is 10.5. The maximum Gasteiger partial charge on any atom is 0.469 e. The molecule has 0 atom stereocenters. The van der Waals surface area contributed by atoms with E-state index in [1.807, 2.05) is 0 Å². The summed E-state index contributed by atoms with van der Waals surface area (Å²) < 4.78 is 18.3. The molecule has 2 aromatic rings. The molecule has 0 aliphatic rings. The third kappa shape index (κ3) is 3.68. The first-order chi connectivity index (χ1) is 9.22. The molecular formula is C9H19N6O6P. The molecular weight excluding hydrogens is 319 g/mol. The van der Waals surface area contributed by atoms with Crippen LogP contribution in [0.15, 0.2) is 15.9 Å². The predicted octanol–water partition coefficient (Wildman–Crippen LogP) is -1.13. The van der Waals surface area contributed by atoms with Crippen molar-refractivity contribution in [1.82, 2.24) is 31.0 Å². The summed E-state index contributed by atoms with van der Waals surface area (Å²) in [6.07, 6.45) is 1.40. The maximum atomic E-state index is 12.2. The molecule has 126 valence electrons. The van der Waals surface area contributed by atoms with Gasteiger partial charge in [-0.05, 0) is 0 Å². The summed E-state index contributed by atoms with van der Waals surface area (Å²) >= 11 is 0. The van der Waals surface area contributed by atoms with Crippen molar-refractivity contribution in [1.29, 1.82) is 0 Å². The summed E-state index contributed by atoms with van der Waals surface area (Å²) in [6, 6.07) is 0. The molecule has 0 saturated carbocycles. The highest BCUT2D eigenvalue weighted by Gasteiger charge is 2.17. The highest BCUT2D eigenvalue weighted by Crippen LogP contribution is 2.35. The molecule has 12 nitrogen and oxygen atoms in total. The first kappa shape index (κ1) is 20.2. The summed E-state index contributed by atoms with van der Waals surface area (Å²) in [5.41, 5.74) is -0.745. The molecule has 8 N–H and O–H groups in total. The van der Waals surface area contributed by atoms with Gasteiger partial charge in [-0.25, -0.2) is 14.3 Å². The van der Waals surface area contributed by atoms with E-state index in [-0.39, 0.29) is 30.0 Å². The lowest BCUT2D eigenvalue weighted by Gasteiger charge is -2.09. The number of fused-ring (bicyclic) bond motifs is 1. The molecule has 13 heteroatoms. The quantitative estimate of drug-likeness (QED) is 0.498. The number of aromatic nitrogens is 4. The molecule has 0 radical (unpaired) electrons. The Bertz CT molecular complexity index is 816. The summed E-state index contributed by atoms with van der Waals surface area (Å²) in [4.78, 5) is 45.3. The monoisotopic (exact) mass is 338 g/mol. The molecule has 2 aromatic heterocycles. The van der Waals surface area contributed by atoms with E-state index in [1.54, 1.807) is 7.05 Å². The molecule has 0 saturated heterocycles. The third-order valence-corrected chi connectivity index (χ3v) is 3.29. The minimum absolute atomic E-state index is 0. The van der Waals surface area contributed by atoms with Crippen LogP contribution >= 0.6 is 7.82 Å². The number of phosphoric acid groups is 1. The van der Waals surface area contributed by atoms with Crippen molar-refractivity contribution >= 4 is 19.0 Å². The molecule has 2 heterocycles. The van der Waals surface area contributed by atoms with E-state index in [1.165, 1.54) is 22.5 Å². The molecule has 2 rings (SSSR count). The van der Waals surface area contributed by atoms with Crippen molar-refractivity contribution < 1.29 is 18.9 Å². The highest BCUT2D eigenvalue weighted by atomic mass is 31.2. The van der Waals surface area contributed by atoms with E-state index in [0.717, 1.165) is 4.57 Å². The second-order valence-electron chi connectivity index (χ2n) is 4.15. The van der Waals surface area contributed by atoms with Crippen LogP contribution in [-0.4, -0.2) is 35.1 Å². The number of imidazole rings is 1. The fraction of sp³-hybridized carbons (Fsp3) is 0.444. The van der Waals surface area contributed by atoms with E-state index in [0.29, 0.717) is 0 Å². The van der Waals surface area contributed by atoms with E-state index >= 15 is 0 Å². The van der Waals surface area contributed by atoms with Gasteiger partial charge >= 0.3 is 13.5 Å². The number of rotatable bonds is 4. The Balaban J connectivity index is 0.00000220. The predicted molar refractivity (Wildman–Crippen MR) is 78.3 cm³/mol. The number of hydrogen-bond acceptors (Lipinski definition) is 7. The highest BCUT2D eigenvalue weighted by molar-refractivity contribution is 7.46. The van der Waals surface area contributed by atoms with Crippen molar-refractivity contribution in [2.45, 2.75) is 6.54 Å². The van der Waals surface area contributed by atoms with Gasteiger partial charge in [0.05, 0.1) is 19.5 Å². The fourth-order valence-corrected chi connectivity index (χ4v) is 2.16. The van der Waals surface area contributed by atoms with Gasteiger partial charge < -0.3 is 26.7 Å². The van der Waals surface area contributed by atoms with Gasteiger partial charge in [-0.2, -0.15) is 0 Å². The smallest absolute Gasteiger partial charge is 0.344 e. The van der Waals surface area contributed by atoms with Crippen LogP contribution in [0, 0.1) is 0 Å². The molecule has 0 unspecified atom stereocenters.